The topological polar surface area (TPSA) is 3.24 Å². The molecule has 0 aliphatic carbocycles. The molecule has 1 aliphatic rings. The highest BCUT2D eigenvalue weighted by molar-refractivity contribution is 5.19. The van der Waals surface area contributed by atoms with Crippen LogP contribution < -0.4 is 0 Å². The van der Waals surface area contributed by atoms with Gasteiger partial charge in [-0.1, -0.05) is 0 Å². The lowest BCUT2D eigenvalue weighted by Gasteiger charge is -2.39. The van der Waals surface area contributed by atoms with Crippen LogP contribution in [-0.4, -0.2) is 31.2 Å². The van der Waals surface area contributed by atoms with Crippen molar-refractivity contribution in [1.29, 1.82) is 0 Å². The van der Waals surface area contributed by atoms with Crippen molar-refractivity contribution in [2.24, 2.45) is 5.92 Å². The molecule has 0 aromatic heterocycles. The lowest BCUT2D eigenvalue weighted by atomic mass is 9.92. The summed E-state index contributed by atoms with van der Waals surface area (Å²) in [5.41, 5.74) is 0.706. The second-order valence-electron chi connectivity index (χ2n) is 4.65. The van der Waals surface area contributed by atoms with E-state index in [9.17, 15) is 13.2 Å². The lowest BCUT2D eigenvalue weighted by Crippen LogP contribution is -2.47. The molecule has 1 nitrogen and oxygen atoms in total. The van der Waals surface area contributed by atoms with Crippen molar-refractivity contribution < 1.29 is 13.2 Å². The summed E-state index contributed by atoms with van der Waals surface area (Å²) < 4.78 is 37.8. The van der Waals surface area contributed by atoms with Crippen molar-refractivity contribution in [2.45, 2.75) is 12.8 Å². The third-order valence-corrected chi connectivity index (χ3v) is 3.09. The van der Waals surface area contributed by atoms with Gasteiger partial charge in [0, 0.05) is 25.7 Å². The van der Waals surface area contributed by atoms with E-state index in [0.29, 0.717) is 24.3 Å². The van der Waals surface area contributed by atoms with E-state index in [0.717, 1.165) is 25.7 Å². The van der Waals surface area contributed by atoms with E-state index in [1.165, 1.54) is 12.1 Å². The average Bonchev–Trinajstić information content (AvgIpc) is 2.19. The average molecular weight is 243 g/mol. The van der Waals surface area contributed by atoms with Gasteiger partial charge in [-0.25, -0.2) is 8.78 Å². The van der Waals surface area contributed by atoms with E-state index in [1.54, 1.807) is 0 Å². The summed E-state index contributed by atoms with van der Waals surface area (Å²) in [5.74, 6) is -0.599. The molecule has 94 valence electrons. The molecule has 4 heteroatoms. The van der Waals surface area contributed by atoms with Crippen LogP contribution in [0.5, 0.6) is 0 Å². The number of benzene rings is 1. The van der Waals surface area contributed by atoms with E-state index in [-0.39, 0.29) is 6.67 Å². The molecule has 0 spiro atoms. The summed E-state index contributed by atoms with van der Waals surface area (Å²) in [6.45, 7) is 2.30. The van der Waals surface area contributed by atoms with Crippen LogP contribution in [0.4, 0.5) is 13.2 Å². The van der Waals surface area contributed by atoms with Crippen LogP contribution >= 0.6 is 0 Å². The molecule has 0 amide bonds. The number of hydrogen-bond donors (Lipinski definition) is 0. The fourth-order valence-corrected chi connectivity index (χ4v) is 2.33. The Morgan fingerprint density at radius 2 is 1.76 bits per heavy atom. The van der Waals surface area contributed by atoms with Crippen LogP contribution in [0.25, 0.3) is 0 Å². The predicted octanol–water partition coefficient (Wildman–Crippen LogP) is 2.80. The first-order chi connectivity index (χ1) is 8.17. The minimum absolute atomic E-state index is 0.281. The third kappa shape index (κ3) is 3.46. The highest BCUT2D eigenvalue weighted by atomic mass is 19.1. The standard InChI is InChI=1S/C13H16F3N/c14-2-1-3-17-8-11(9-17)4-10-5-12(15)7-13(16)6-10/h5-7,11H,1-4,8-9H2. The zero-order valence-corrected chi connectivity index (χ0v) is 9.63. The van der Waals surface area contributed by atoms with Crippen LogP contribution in [0.1, 0.15) is 12.0 Å². The molecule has 17 heavy (non-hydrogen) atoms. The normalized spacial score (nSPS) is 17.1. The highest BCUT2D eigenvalue weighted by Gasteiger charge is 2.26. The predicted molar refractivity (Wildman–Crippen MR) is 60.6 cm³/mol. The Morgan fingerprint density at radius 3 is 2.35 bits per heavy atom. The van der Waals surface area contributed by atoms with E-state index in [1.807, 2.05) is 0 Å². The first-order valence-corrected chi connectivity index (χ1v) is 5.90. The van der Waals surface area contributed by atoms with E-state index in [4.69, 9.17) is 0 Å². The summed E-state index contributed by atoms with van der Waals surface area (Å²) in [6.07, 6.45) is 1.27. The number of rotatable bonds is 5. The molecule has 0 unspecified atom stereocenters. The van der Waals surface area contributed by atoms with Gasteiger partial charge in [-0.15, -0.1) is 0 Å². The summed E-state index contributed by atoms with van der Waals surface area (Å²) in [5, 5.41) is 0. The molecule has 0 radical (unpaired) electrons. The maximum absolute atomic E-state index is 13.0. The molecular weight excluding hydrogens is 227 g/mol. The minimum Gasteiger partial charge on any atom is -0.303 e. The lowest BCUT2D eigenvalue weighted by molar-refractivity contribution is 0.0967. The van der Waals surface area contributed by atoms with Crippen molar-refractivity contribution in [1.82, 2.24) is 4.90 Å². The number of hydrogen-bond acceptors (Lipinski definition) is 1. The van der Waals surface area contributed by atoms with Gasteiger partial charge in [0.1, 0.15) is 11.6 Å². The van der Waals surface area contributed by atoms with Gasteiger partial charge in [-0.05, 0) is 36.5 Å². The Kier molecular flexibility index (Phi) is 4.05. The number of alkyl halides is 1. The van der Waals surface area contributed by atoms with Gasteiger partial charge in [-0.2, -0.15) is 0 Å². The van der Waals surface area contributed by atoms with Gasteiger partial charge in [0.25, 0.3) is 0 Å². The fraction of sp³-hybridized carbons (Fsp3) is 0.538. The Hall–Kier alpha value is -1.03. The molecule has 0 saturated carbocycles. The molecule has 1 aliphatic heterocycles. The maximum atomic E-state index is 13.0. The van der Waals surface area contributed by atoms with Crippen molar-refractivity contribution in [2.75, 3.05) is 26.3 Å². The van der Waals surface area contributed by atoms with E-state index >= 15 is 0 Å². The largest absolute Gasteiger partial charge is 0.303 e. The Bertz CT molecular complexity index is 355. The second-order valence-corrected chi connectivity index (χ2v) is 4.65. The minimum atomic E-state index is -0.520. The first-order valence-electron chi connectivity index (χ1n) is 5.90. The molecular formula is C13H16F3N. The van der Waals surface area contributed by atoms with Crippen LogP contribution in [0.2, 0.25) is 0 Å². The first kappa shape index (κ1) is 12.4. The molecule has 2 rings (SSSR count). The van der Waals surface area contributed by atoms with Gasteiger partial charge in [-0.3, -0.25) is 4.39 Å². The fourth-order valence-electron chi connectivity index (χ4n) is 2.33. The maximum Gasteiger partial charge on any atom is 0.126 e. The molecule has 0 atom stereocenters. The second kappa shape index (κ2) is 5.54. The van der Waals surface area contributed by atoms with E-state index < -0.39 is 11.6 Å². The Balaban J connectivity index is 1.79. The van der Waals surface area contributed by atoms with Crippen LogP contribution in [-0.2, 0) is 6.42 Å². The Morgan fingerprint density at radius 1 is 1.12 bits per heavy atom. The van der Waals surface area contributed by atoms with Gasteiger partial charge >= 0.3 is 0 Å². The third-order valence-electron chi connectivity index (χ3n) is 3.09. The zero-order chi connectivity index (χ0) is 12.3. The van der Waals surface area contributed by atoms with Gasteiger partial charge < -0.3 is 4.90 Å². The Labute approximate surface area is 99.2 Å². The molecule has 1 aromatic carbocycles. The zero-order valence-electron chi connectivity index (χ0n) is 9.63. The molecule has 1 heterocycles. The van der Waals surface area contributed by atoms with Crippen molar-refractivity contribution >= 4 is 0 Å². The molecule has 1 aromatic rings. The number of halogens is 3. The SMILES string of the molecule is FCCCN1CC(Cc2cc(F)cc(F)c2)C1. The van der Waals surface area contributed by atoms with Crippen molar-refractivity contribution in [3.05, 3.63) is 35.4 Å². The summed E-state index contributed by atoms with van der Waals surface area (Å²) >= 11 is 0. The molecule has 1 fully saturated rings. The summed E-state index contributed by atoms with van der Waals surface area (Å²) in [6, 6.07) is 3.65. The van der Waals surface area contributed by atoms with Crippen LogP contribution in [0, 0.1) is 17.6 Å². The summed E-state index contributed by atoms with van der Waals surface area (Å²) in [4.78, 5) is 2.17. The quantitative estimate of drug-likeness (QED) is 0.768. The van der Waals surface area contributed by atoms with Crippen molar-refractivity contribution in [3.8, 4) is 0 Å². The monoisotopic (exact) mass is 243 g/mol. The summed E-state index contributed by atoms with van der Waals surface area (Å²) in [7, 11) is 0. The van der Waals surface area contributed by atoms with Gasteiger partial charge in [0.15, 0.2) is 0 Å². The van der Waals surface area contributed by atoms with Gasteiger partial charge in [0.2, 0.25) is 0 Å². The van der Waals surface area contributed by atoms with E-state index in [2.05, 4.69) is 4.90 Å². The highest BCUT2D eigenvalue weighted by Crippen LogP contribution is 2.21. The van der Waals surface area contributed by atoms with Gasteiger partial charge in [0.05, 0.1) is 6.67 Å². The smallest absolute Gasteiger partial charge is 0.126 e. The van der Waals surface area contributed by atoms with Crippen LogP contribution in [0.3, 0.4) is 0 Å². The van der Waals surface area contributed by atoms with Crippen LogP contribution in [0.15, 0.2) is 18.2 Å². The molecule has 1 saturated heterocycles. The molecule has 0 bridgehead atoms. The number of likely N-dealkylation sites (tertiary alicyclic amines) is 1. The van der Waals surface area contributed by atoms with Crippen molar-refractivity contribution in [3.63, 3.8) is 0 Å². The number of nitrogens with zero attached hydrogens (tertiary/aromatic N) is 1. The molecule has 0 N–H and O–H groups in total.